The molecule has 0 fully saturated rings. The van der Waals surface area contributed by atoms with E-state index in [9.17, 15) is 9.90 Å². The number of nitrogens with one attached hydrogen (secondary N) is 2. The summed E-state index contributed by atoms with van der Waals surface area (Å²) in [7, 11) is 0. The highest BCUT2D eigenvalue weighted by Gasteiger charge is 2.22. The highest BCUT2D eigenvalue weighted by atomic mass is 32.2. The van der Waals surface area contributed by atoms with Crippen LogP contribution in [0.25, 0.3) is 0 Å². The van der Waals surface area contributed by atoms with Crippen molar-refractivity contribution >= 4 is 17.7 Å². The Morgan fingerprint density at radius 1 is 1.58 bits per heavy atom. The molecule has 19 heavy (non-hydrogen) atoms. The number of aromatic nitrogens is 2. The van der Waals surface area contributed by atoms with Gasteiger partial charge in [-0.15, -0.1) is 0 Å². The highest BCUT2D eigenvalue weighted by Crippen LogP contribution is 2.20. The molecule has 1 heterocycles. The fourth-order valence-corrected chi connectivity index (χ4v) is 2.26. The molecular weight excluding hydrogens is 262 g/mol. The molecule has 2 atom stereocenters. The normalized spacial score (nSPS) is 15.1. The van der Waals surface area contributed by atoms with Crippen LogP contribution in [0.2, 0.25) is 0 Å². The maximum absolute atomic E-state index is 12.0. The summed E-state index contributed by atoms with van der Waals surface area (Å²) in [6, 6.07) is 1.66. The van der Waals surface area contributed by atoms with Gasteiger partial charge < -0.3 is 10.4 Å². The van der Waals surface area contributed by atoms with Gasteiger partial charge in [0.15, 0.2) is 0 Å². The zero-order valence-corrected chi connectivity index (χ0v) is 13.0. The minimum atomic E-state index is -0.216. The maximum Gasteiger partial charge on any atom is 0.272 e. The zero-order chi connectivity index (χ0) is 14.6. The van der Waals surface area contributed by atoms with Crippen LogP contribution < -0.4 is 5.32 Å². The molecule has 1 aromatic heterocycles. The van der Waals surface area contributed by atoms with Gasteiger partial charge in [0, 0.05) is 22.4 Å². The predicted octanol–water partition coefficient (Wildman–Crippen LogP) is 1.55. The van der Waals surface area contributed by atoms with Crippen molar-refractivity contribution in [2.24, 2.45) is 0 Å². The molecule has 0 radical (unpaired) electrons. The lowest BCUT2D eigenvalue weighted by atomic mass is 9.92. The van der Waals surface area contributed by atoms with Crippen molar-refractivity contribution in [1.82, 2.24) is 15.5 Å². The van der Waals surface area contributed by atoms with Crippen LogP contribution in [0.5, 0.6) is 0 Å². The second-order valence-corrected chi connectivity index (χ2v) is 6.71. The molecule has 1 amide bonds. The molecule has 0 unspecified atom stereocenters. The van der Waals surface area contributed by atoms with E-state index in [1.807, 2.05) is 13.2 Å². The number of aliphatic hydroxyl groups is 1. The molecule has 0 aliphatic rings. The van der Waals surface area contributed by atoms with Gasteiger partial charge in [-0.3, -0.25) is 9.89 Å². The summed E-state index contributed by atoms with van der Waals surface area (Å²) in [6.07, 6.45) is 1.91. The van der Waals surface area contributed by atoms with Crippen molar-refractivity contribution in [3.63, 3.8) is 0 Å². The van der Waals surface area contributed by atoms with Crippen LogP contribution in [0.15, 0.2) is 6.07 Å². The summed E-state index contributed by atoms with van der Waals surface area (Å²) in [6.45, 7) is 8.09. The summed E-state index contributed by atoms with van der Waals surface area (Å²) in [5, 5.41) is 19.0. The number of thioether (sulfide) groups is 1. The minimum absolute atomic E-state index is 0.00928. The lowest BCUT2D eigenvalue weighted by Crippen LogP contribution is -2.41. The first kappa shape index (κ1) is 16.0. The number of aromatic amines is 1. The Labute approximate surface area is 118 Å². The zero-order valence-electron chi connectivity index (χ0n) is 12.2. The van der Waals surface area contributed by atoms with Gasteiger partial charge in [-0.05, 0) is 19.2 Å². The van der Waals surface area contributed by atoms with Gasteiger partial charge in [0.05, 0.1) is 6.61 Å². The van der Waals surface area contributed by atoms with Crippen molar-refractivity contribution in [2.75, 3.05) is 12.9 Å². The molecule has 0 bridgehead atoms. The van der Waals surface area contributed by atoms with E-state index in [-0.39, 0.29) is 29.2 Å². The van der Waals surface area contributed by atoms with E-state index in [1.54, 1.807) is 6.07 Å². The average molecular weight is 285 g/mol. The quantitative estimate of drug-likeness (QED) is 0.767. The molecule has 5 nitrogen and oxygen atoms in total. The summed E-state index contributed by atoms with van der Waals surface area (Å²) in [5.74, 6) is -0.216. The number of hydrogen-bond acceptors (Lipinski definition) is 4. The largest absolute Gasteiger partial charge is 0.395 e. The molecule has 1 aromatic rings. The second kappa shape index (κ2) is 6.43. The van der Waals surface area contributed by atoms with E-state index in [2.05, 4.69) is 36.3 Å². The molecule has 1 rings (SSSR count). The van der Waals surface area contributed by atoms with Crippen LogP contribution in [0, 0.1) is 0 Å². The van der Waals surface area contributed by atoms with Gasteiger partial charge in [0.1, 0.15) is 5.69 Å². The van der Waals surface area contributed by atoms with Crippen LogP contribution >= 0.6 is 11.8 Å². The molecule has 108 valence electrons. The monoisotopic (exact) mass is 285 g/mol. The average Bonchev–Trinajstić information content (AvgIpc) is 2.79. The standard InChI is InChI=1S/C13H23N3O2S/c1-8(10(7-17)19-5)14-12(18)9-6-11(16-15-9)13(2,3)4/h6,8,10,17H,7H2,1-5H3,(H,14,18)(H,15,16)/t8-,10+/m0/s1. The van der Waals surface area contributed by atoms with Crippen LogP contribution in [0.4, 0.5) is 0 Å². The summed E-state index contributed by atoms with van der Waals surface area (Å²) < 4.78 is 0. The third kappa shape index (κ3) is 4.24. The van der Waals surface area contributed by atoms with Crippen LogP contribution in [0.1, 0.15) is 43.9 Å². The van der Waals surface area contributed by atoms with Gasteiger partial charge in [0.2, 0.25) is 0 Å². The van der Waals surface area contributed by atoms with E-state index >= 15 is 0 Å². The minimum Gasteiger partial charge on any atom is -0.395 e. The first-order valence-electron chi connectivity index (χ1n) is 6.30. The number of carbonyl (C=O) groups excluding carboxylic acids is 1. The molecule has 6 heteroatoms. The number of rotatable bonds is 5. The van der Waals surface area contributed by atoms with E-state index < -0.39 is 0 Å². The fraction of sp³-hybridized carbons (Fsp3) is 0.692. The van der Waals surface area contributed by atoms with Gasteiger partial charge in [-0.2, -0.15) is 16.9 Å². The Kier molecular flexibility index (Phi) is 5.43. The fourth-order valence-electron chi connectivity index (χ4n) is 1.63. The number of aliphatic hydroxyl groups excluding tert-OH is 1. The Balaban J connectivity index is 2.71. The van der Waals surface area contributed by atoms with Gasteiger partial charge in [0.25, 0.3) is 5.91 Å². The molecule has 0 saturated carbocycles. The number of H-pyrrole nitrogens is 1. The summed E-state index contributed by atoms with van der Waals surface area (Å²) in [5.41, 5.74) is 1.24. The molecule has 0 spiro atoms. The Morgan fingerprint density at radius 2 is 2.21 bits per heavy atom. The van der Waals surface area contributed by atoms with E-state index in [4.69, 9.17) is 0 Å². The predicted molar refractivity (Wildman–Crippen MR) is 78.6 cm³/mol. The number of hydrogen-bond donors (Lipinski definition) is 3. The smallest absolute Gasteiger partial charge is 0.272 e. The van der Waals surface area contributed by atoms with Crippen LogP contribution in [0.3, 0.4) is 0 Å². The number of carbonyl (C=O) groups is 1. The highest BCUT2D eigenvalue weighted by molar-refractivity contribution is 7.99. The van der Waals surface area contributed by atoms with E-state index in [0.717, 1.165) is 5.69 Å². The second-order valence-electron chi connectivity index (χ2n) is 5.64. The Bertz CT molecular complexity index is 422. The molecule has 0 saturated heterocycles. The maximum atomic E-state index is 12.0. The third-order valence-corrected chi connectivity index (χ3v) is 4.18. The van der Waals surface area contributed by atoms with E-state index in [0.29, 0.717) is 5.69 Å². The van der Waals surface area contributed by atoms with Crippen molar-refractivity contribution in [3.8, 4) is 0 Å². The van der Waals surface area contributed by atoms with Crippen LogP contribution in [-0.4, -0.2) is 45.4 Å². The van der Waals surface area contributed by atoms with Crippen LogP contribution in [-0.2, 0) is 5.41 Å². The van der Waals surface area contributed by atoms with Gasteiger partial charge in [-0.25, -0.2) is 0 Å². The number of amides is 1. The summed E-state index contributed by atoms with van der Waals surface area (Å²) >= 11 is 1.53. The first-order valence-corrected chi connectivity index (χ1v) is 7.58. The SMILES string of the molecule is CS[C@H](CO)[C@H](C)NC(=O)c1cc(C(C)(C)C)[nH]n1. The van der Waals surface area contributed by atoms with Crippen molar-refractivity contribution in [2.45, 2.75) is 44.4 Å². The number of nitrogens with zero attached hydrogens (tertiary/aromatic N) is 1. The summed E-state index contributed by atoms with van der Waals surface area (Å²) in [4.78, 5) is 12.0. The molecule has 3 N–H and O–H groups in total. The third-order valence-electron chi connectivity index (χ3n) is 3.02. The Hall–Kier alpha value is -1.01. The van der Waals surface area contributed by atoms with Gasteiger partial charge >= 0.3 is 0 Å². The molecule has 0 aliphatic heterocycles. The lowest BCUT2D eigenvalue weighted by Gasteiger charge is -2.20. The van der Waals surface area contributed by atoms with Crippen molar-refractivity contribution in [3.05, 3.63) is 17.5 Å². The lowest BCUT2D eigenvalue weighted by molar-refractivity contribution is 0.0931. The van der Waals surface area contributed by atoms with E-state index in [1.165, 1.54) is 11.8 Å². The molecule has 0 aromatic carbocycles. The van der Waals surface area contributed by atoms with Crippen molar-refractivity contribution in [1.29, 1.82) is 0 Å². The molecule has 0 aliphatic carbocycles. The Morgan fingerprint density at radius 3 is 2.63 bits per heavy atom. The van der Waals surface area contributed by atoms with Gasteiger partial charge in [-0.1, -0.05) is 20.8 Å². The topological polar surface area (TPSA) is 78.0 Å². The molecular formula is C13H23N3O2S. The van der Waals surface area contributed by atoms with Crippen molar-refractivity contribution < 1.29 is 9.90 Å². The first-order chi connectivity index (χ1) is 8.79.